The third-order valence-electron chi connectivity index (χ3n) is 4.91. The Labute approximate surface area is 192 Å². The molecule has 0 fully saturated rings. The first-order chi connectivity index (χ1) is 15.3. The quantitative estimate of drug-likeness (QED) is 0.545. The Hall–Kier alpha value is -3.11. The lowest BCUT2D eigenvalue weighted by Gasteiger charge is -2.33. The van der Waals surface area contributed by atoms with Crippen LogP contribution >= 0.6 is 23.4 Å². The molecule has 0 saturated carbocycles. The maximum atomic E-state index is 13.3. The molecule has 32 heavy (non-hydrogen) atoms. The largest absolute Gasteiger partial charge is 0.482 e. The zero-order valence-corrected chi connectivity index (χ0v) is 18.8. The Morgan fingerprint density at radius 3 is 2.88 bits per heavy atom. The van der Waals surface area contributed by atoms with Crippen molar-refractivity contribution in [3.8, 4) is 5.75 Å². The van der Waals surface area contributed by atoms with Gasteiger partial charge in [0.1, 0.15) is 11.6 Å². The van der Waals surface area contributed by atoms with Crippen molar-refractivity contribution in [1.29, 1.82) is 0 Å². The van der Waals surface area contributed by atoms with E-state index in [9.17, 15) is 14.0 Å². The Morgan fingerprint density at radius 1 is 1.31 bits per heavy atom. The van der Waals surface area contributed by atoms with Crippen LogP contribution in [0, 0.1) is 5.82 Å². The number of rotatable bonds is 6. The predicted octanol–water partition coefficient (Wildman–Crippen LogP) is 3.83. The molecule has 0 spiro atoms. The summed E-state index contributed by atoms with van der Waals surface area (Å²) in [6, 6.07) is 10.9. The lowest BCUT2D eigenvalue weighted by Crippen LogP contribution is -2.41. The number of anilines is 2. The second kappa shape index (κ2) is 9.17. The molecule has 0 unspecified atom stereocenters. The van der Waals surface area contributed by atoms with Gasteiger partial charge in [-0.3, -0.25) is 14.5 Å². The number of para-hydroxylation sites is 2. The normalized spacial score (nSPS) is 14.0. The first-order valence-electron chi connectivity index (χ1n) is 9.66. The van der Waals surface area contributed by atoms with Gasteiger partial charge in [0.15, 0.2) is 17.6 Å². The topological polar surface area (TPSA) is 89.4 Å². The van der Waals surface area contributed by atoms with Crippen LogP contribution in [-0.4, -0.2) is 38.9 Å². The van der Waals surface area contributed by atoms with Crippen molar-refractivity contribution in [3.05, 3.63) is 59.1 Å². The van der Waals surface area contributed by atoms with Crippen LogP contribution < -0.4 is 15.0 Å². The van der Waals surface area contributed by atoms with Crippen molar-refractivity contribution in [2.75, 3.05) is 22.6 Å². The maximum Gasteiger partial charge on any atom is 0.265 e. The lowest BCUT2D eigenvalue weighted by molar-refractivity contribution is -0.121. The molecule has 1 aromatic heterocycles. The fourth-order valence-electron chi connectivity index (χ4n) is 3.38. The fraction of sp³-hybridized carbons (Fsp3) is 0.238. The molecule has 1 aliphatic rings. The van der Waals surface area contributed by atoms with E-state index in [1.165, 1.54) is 30.0 Å². The van der Waals surface area contributed by atoms with E-state index in [0.717, 1.165) is 0 Å². The highest BCUT2D eigenvalue weighted by atomic mass is 35.5. The fourth-order valence-corrected chi connectivity index (χ4v) is 4.28. The van der Waals surface area contributed by atoms with Gasteiger partial charge in [0, 0.05) is 12.7 Å². The van der Waals surface area contributed by atoms with Crippen LogP contribution in [0.1, 0.15) is 18.8 Å². The molecular weight excluding hydrogens is 457 g/mol. The molecule has 8 nitrogen and oxygen atoms in total. The summed E-state index contributed by atoms with van der Waals surface area (Å²) in [4.78, 5) is 26.5. The molecule has 11 heteroatoms. The van der Waals surface area contributed by atoms with Gasteiger partial charge in [0.25, 0.3) is 5.91 Å². The summed E-state index contributed by atoms with van der Waals surface area (Å²) in [7, 11) is 1.78. The summed E-state index contributed by atoms with van der Waals surface area (Å²) in [6.45, 7) is 1.82. The first kappa shape index (κ1) is 22.1. The van der Waals surface area contributed by atoms with Gasteiger partial charge >= 0.3 is 0 Å². The third kappa shape index (κ3) is 4.42. The number of aromatic nitrogens is 3. The number of carbonyl (C=O) groups excluding carboxylic acids is 2. The van der Waals surface area contributed by atoms with Gasteiger partial charge in [0.2, 0.25) is 5.91 Å². The van der Waals surface area contributed by atoms with Gasteiger partial charge in [-0.2, -0.15) is 0 Å². The minimum Gasteiger partial charge on any atom is -0.482 e. The van der Waals surface area contributed by atoms with Gasteiger partial charge in [0.05, 0.1) is 22.5 Å². The summed E-state index contributed by atoms with van der Waals surface area (Å²) in [6.07, 6.45) is 0. The highest BCUT2D eigenvalue weighted by molar-refractivity contribution is 7.99. The SMILES string of the molecule is C[C@@H](c1nnc(SCC(=O)Nc2ccc(F)c(Cl)c2)n1C)N1C(=O)COc2ccccc21. The van der Waals surface area contributed by atoms with Gasteiger partial charge in [-0.05, 0) is 37.3 Å². The molecule has 1 aliphatic heterocycles. The molecule has 2 heterocycles. The molecule has 4 rings (SSSR count). The van der Waals surface area contributed by atoms with E-state index in [-0.39, 0.29) is 29.2 Å². The molecule has 166 valence electrons. The molecule has 0 saturated heterocycles. The summed E-state index contributed by atoms with van der Waals surface area (Å²) in [5.41, 5.74) is 1.07. The third-order valence-corrected chi connectivity index (χ3v) is 6.22. The Bertz CT molecular complexity index is 1190. The van der Waals surface area contributed by atoms with E-state index in [4.69, 9.17) is 16.3 Å². The number of carbonyl (C=O) groups is 2. The minimum absolute atomic E-state index is 0.0472. The van der Waals surface area contributed by atoms with Crippen molar-refractivity contribution in [1.82, 2.24) is 14.8 Å². The summed E-state index contributed by atoms with van der Waals surface area (Å²) in [5.74, 6) is 0.241. The number of hydrogen-bond donors (Lipinski definition) is 1. The first-order valence-corrected chi connectivity index (χ1v) is 11.0. The Morgan fingerprint density at radius 2 is 2.09 bits per heavy atom. The average Bonchev–Trinajstić information content (AvgIpc) is 3.14. The van der Waals surface area contributed by atoms with Crippen molar-refractivity contribution in [2.45, 2.75) is 18.1 Å². The van der Waals surface area contributed by atoms with E-state index in [2.05, 4.69) is 15.5 Å². The van der Waals surface area contributed by atoms with Crippen LogP contribution in [0.25, 0.3) is 0 Å². The van der Waals surface area contributed by atoms with Crippen molar-refractivity contribution in [3.63, 3.8) is 0 Å². The average molecular weight is 476 g/mol. The number of hydrogen-bond acceptors (Lipinski definition) is 6. The van der Waals surface area contributed by atoms with E-state index < -0.39 is 11.9 Å². The number of amides is 2. The molecule has 2 amide bonds. The van der Waals surface area contributed by atoms with Gasteiger partial charge in [-0.1, -0.05) is 35.5 Å². The van der Waals surface area contributed by atoms with Crippen molar-refractivity contribution < 1.29 is 18.7 Å². The number of nitrogens with zero attached hydrogens (tertiary/aromatic N) is 4. The Balaban J connectivity index is 1.45. The number of thioether (sulfide) groups is 1. The number of nitrogens with one attached hydrogen (secondary N) is 1. The maximum absolute atomic E-state index is 13.3. The number of fused-ring (bicyclic) bond motifs is 1. The van der Waals surface area contributed by atoms with Crippen LogP contribution in [0.5, 0.6) is 5.75 Å². The number of ether oxygens (including phenoxy) is 1. The molecular formula is C21H19ClFN5O3S. The van der Waals surface area contributed by atoms with Crippen LogP contribution in [0.2, 0.25) is 5.02 Å². The minimum atomic E-state index is -0.554. The van der Waals surface area contributed by atoms with E-state index in [0.29, 0.717) is 28.1 Å². The Kier molecular flexibility index (Phi) is 6.33. The molecule has 1 atom stereocenters. The monoisotopic (exact) mass is 475 g/mol. The summed E-state index contributed by atoms with van der Waals surface area (Å²) < 4.78 is 20.5. The highest BCUT2D eigenvalue weighted by Crippen LogP contribution is 2.37. The van der Waals surface area contributed by atoms with Crippen molar-refractivity contribution in [2.24, 2.45) is 7.05 Å². The van der Waals surface area contributed by atoms with Crippen LogP contribution in [0.4, 0.5) is 15.8 Å². The smallest absolute Gasteiger partial charge is 0.265 e. The highest BCUT2D eigenvalue weighted by Gasteiger charge is 2.32. The zero-order valence-electron chi connectivity index (χ0n) is 17.2. The van der Waals surface area contributed by atoms with Crippen LogP contribution in [-0.2, 0) is 16.6 Å². The predicted molar refractivity (Wildman–Crippen MR) is 120 cm³/mol. The molecule has 0 bridgehead atoms. The molecule has 3 aromatic rings. The molecule has 0 radical (unpaired) electrons. The van der Waals surface area contributed by atoms with Crippen LogP contribution in [0.3, 0.4) is 0 Å². The van der Waals surface area contributed by atoms with E-state index in [1.807, 2.05) is 31.2 Å². The molecule has 2 aromatic carbocycles. The second-order valence-electron chi connectivity index (χ2n) is 7.06. The second-order valence-corrected chi connectivity index (χ2v) is 8.41. The van der Waals surface area contributed by atoms with Crippen LogP contribution in [0.15, 0.2) is 47.6 Å². The zero-order chi connectivity index (χ0) is 22.8. The standard InChI is InChI=1S/C21H19ClFN5O3S/c1-12(28-16-5-3-4-6-17(16)31-10-19(28)30)20-25-26-21(27(20)2)32-11-18(29)24-13-7-8-15(23)14(22)9-13/h3-9,12H,10-11H2,1-2H3,(H,24,29)/t12-/m0/s1. The van der Waals surface area contributed by atoms with E-state index >= 15 is 0 Å². The van der Waals surface area contributed by atoms with Gasteiger partial charge < -0.3 is 14.6 Å². The summed E-state index contributed by atoms with van der Waals surface area (Å²) in [5, 5.41) is 11.5. The van der Waals surface area contributed by atoms with Gasteiger partial charge in [-0.15, -0.1) is 10.2 Å². The number of halogens is 2. The summed E-state index contributed by atoms with van der Waals surface area (Å²) >= 11 is 6.94. The van der Waals surface area contributed by atoms with E-state index in [1.54, 1.807) is 16.5 Å². The van der Waals surface area contributed by atoms with Crippen molar-refractivity contribution >= 4 is 46.6 Å². The molecule has 0 aliphatic carbocycles. The van der Waals surface area contributed by atoms with Gasteiger partial charge in [-0.25, -0.2) is 4.39 Å². The lowest BCUT2D eigenvalue weighted by atomic mass is 10.1. The number of benzene rings is 2. The molecule has 1 N–H and O–H groups in total.